The zero-order valence-corrected chi connectivity index (χ0v) is 19.4. The molecule has 7 nitrogen and oxygen atoms in total. The monoisotopic (exact) mass is 455 g/mol. The van der Waals surface area contributed by atoms with Crippen LogP contribution in [0.15, 0.2) is 41.6 Å². The van der Waals surface area contributed by atoms with E-state index in [2.05, 4.69) is 27.1 Å². The van der Waals surface area contributed by atoms with Gasteiger partial charge in [-0.25, -0.2) is 18.4 Å². The predicted molar refractivity (Wildman–Crippen MR) is 123 cm³/mol. The minimum absolute atomic E-state index is 0.200. The molecule has 0 bridgehead atoms. The van der Waals surface area contributed by atoms with Gasteiger partial charge < -0.3 is 10.4 Å². The zero-order chi connectivity index (χ0) is 23.4. The van der Waals surface area contributed by atoms with Crippen LogP contribution in [0.25, 0.3) is 0 Å². The number of hydrogen-bond donors (Lipinski definition) is 2. The van der Waals surface area contributed by atoms with Crippen LogP contribution in [0.4, 0.5) is 5.82 Å². The summed E-state index contributed by atoms with van der Waals surface area (Å²) in [6.45, 7) is 3.16. The van der Waals surface area contributed by atoms with Crippen molar-refractivity contribution >= 4 is 21.6 Å². The second-order valence-corrected chi connectivity index (χ2v) is 10.9. The summed E-state index contributed by atoms with van der Waals surface area (Å²) in [6, 6.07) is 6.54. The highest BCUT2D eigenvalue weighted by molar-refractivity contribution is 7.90. The SMILES string of the molecule is CC(C)(O)C#Cc1cnc(NC(=O)[C@H](CC2CCCC2)c2ccc(S(C)(=O)=O)cc2)cn1. The number of carbonyl (C=O) groups excluding carboxylic acids is 1. The van der Waals surface area contributed by atoms with Gasteiger partial charge in [-0.1, -0.05) is 43.7 Å². The molecule has 1 saturated carbocycles. The maximum Gasteiger partial charge on any atom is 0.233 e. The van der Waals surface area contributed by atoms with E-state index in [0.717, 1.165) is 18.4 Å². The first-order valence-corrected chi connectivity index (χ1v) is 12.6. The number of aliphatic hydroxyl groups is 1. The van der Waals surface area contributed by atoms with Crippen molar-refractivity contribution in [3.8, 4) is 11.8 Å². The Morgan fingerprint density at radius 2 is 1.84 bits per heavy atom. The number of carbonyl (C=O) groups is 1. The van der Waals surface area contributed by atoms with Crippen LogP contribution < -0.4 is 5.32 Å². The summed E-state index contributed by atoms with van der Waals surface area (Å²) in [7, 11) is -3.30. The van der Waals surface area contributed by atoms with E-state index in [0.29, 0.717) is 23.9 Å². The van der Waals surface area contributed by atoms with Gasteiger partial charge in [0.25, 0.3) is 0 Å². The molecule has 0 saturated heterocycles. The Labute approximate surface area is 189 Å². The van der Waals surface area contributed by atoms with Crippen molar-refractivity contribution in [1.82, 2.24) is 9.97 Å². The third kappa shape index (κ3) is 6.87. The average molecular weight is 456 g/mol. The fourth-order valence-electron chi connectivity index (χ4n) is 3.81. The fraction of sp³-hybridized carbons (Fsp3) is 0.458. The second-order valence-electron chi connectivity index (χ2n) is 8.87. The van der Waals surface area contributed by atoms with Crippen LogP contribution >= 0.6 is 0 Å². The topological polar surface area (TPSA) is 109 Å². The molecule has 1 amide bonds. The first-order valence-electron chi connectivity index (χ1n) is 10.7. The minimum atomic E-state index is -3.30. The van der Waals surface area contributed by atoms with Gasteiger partial charge >= 0.3 is 0 Å². The largest absolute Gasteiger partial charge is 0.378 e. The van der Waals surface area contributed by atoms with Gasteiger partial charge in [0, 0.05) is 6.26 Å². The molecule has 0 unspecified atom stereocenters. The Bertz CT molecular complexity index is 1100. The molecule has 3 rings (SSSR count). The van der Waals surface area contributed by atoms with E-state index in [1.165, 1.54) is 31.5 Å². The Kier molecular flexibility index (Phi) is 7.32. The van der Waals surface area contributed by atoms with Gasteiger partial charge in [0.15, 0.2) is 15.7 Å². The number of hydrogen-bond acceptors (Lipinski definition) is 6. The summed E-state index contributed by atoms with van der Waals surface area (Å²) in [5.41, 5.74) is 0.0423. The summed E-state index contributed by atoms with van der Waals surface area (Å²) < 4.78 is 23.6. The lowest BCUT2D eigenvalue weighted by atomic mass is 9.87. The molecule has 2 aromatic rings. The molecule has 1 aliphatic carbocycles. The maximum absolute atomic E-state index is 13.2. The Balaban J connectivity index is 1.78. The molecule has 1 aliphatic rings. The van der Waals surface area contributed by atoms with Crippen molar-refractivity contribution in [2.45, 2.75) is 62.4 Å². The third-order valence-electron chi connectivity index (χ3n) is 5.47. The van der Waals surface area contributed by atoms with Crippen molar-refractivity contribution in [1.29, 1.82) is 0 Å². The van der Waals surface area contributed by atoms with E-state index in [1.807, 2.05) is 0 Å². The summed E-state index contributed by atoms with van der Waals surface area (Å²) in [4.78, 5) is 21.8. The molecule has 32 heavy (non-hydrogen) atoms. The number of sulfone groups is 1. The van der Waals surface area contributed by atoms with Crippen LogP contribution in [0.3, 0.4) is 0 Å². The molecule has 2 N–H and O–H groups in total. The molecular formula is C24H29N3O4S. The lowest BCUT2D eigenvalue weighted by Gasteiger charge is -2.20. The first-order chi connectivity index (χ1) is 15.0. The molecule has 0 radical (unpaired) electrons. The quantitative estimate of drug-likeness (QED) is 0.647. The van der Waals surface area contributed by atoms with Crippen molar-refractivity contribution in [2.24, 2.45) is 5.92 Å². The standard InChI is InChI=1S/C24H29N3O4S/c1-24(2,29)13-12-19-15-26-22(16-25-19)27-23(28)21(14-17-6-4-5-7-17)18-8-10-20(11-9-18)32(3,30)31/h8-11,15-17,21,29H,4-7,14H2,1-3H3,(H,26,27,28)/t21-/m1/s1. The minimum Gasteiger partial charge on any atom is -0.378 e. The Hall–Kier alpha value is -2.76. The van der Waals surface area contributed by atoms with E-state index in [-0.39, 0.29) is 10.8 Å². The normalized spacial score (nSPS) is 15.6. The molecule has 170 valence electrons. The number of anilines is 1. The molecular weight excluding hydrogens is 426 g/mol. The van der Waals surface area contributed by atoms with Gasteiger partial charge in [0.05, 0.1) is 23.2 Å². The zero-order valence-electron chi connectivity index (χ0n) is 18.6. The van der Waals surface area contributed by atoms with Crippen LogP contribution in [0, 0.1) is 17.8 Å². The molecule has 8 heteroatoms. The smallest absolute Gasteiger partial charge is 0.233 e. The van der Waals surface area contributed by atoms with Crippen LogP contribution in [-0.2, 0) is 14.6 Å². The van der Waals surface area contributed by atoms with E-state index >= 15 is 0 Å². The van der Waals surface area contributed by atoms with Gasteiger partial charge in [0.1, 0.15) is 11.3 Å². The highest BCUT2D eigenvalue weighted by Crippen LogP contribution is 2.35. The lowest BCUT2D eigenvalue weighted by Crippen LogP contribution is -2.24. The number of rotatable bonds is 6. The average Bonchev–Trinajstić information content (AvgIpc) is 3.24. The van der Waals surface area contributed by atoms with Crippen LogP contribution in [0.1, 0.15) is 63.1 Å². The number of benzene rings is 1. The molecule has 1 heterocycles. The molecule has 1 aromatic heterocycles. The van der Waals surface area contributed by atoms with Crippen LogP contribution in [0.5, 0.6) is 0 Å². The van der Waals surface area contributed by atoms with E-state index in [9.17, 15) is 18.3 Å². The highest BCUT2D eigenvalue weighted by atomic mass is 32.2. The molecule has 0 spiro atoms. The van der Waals surface area contributed by atoms with Gasteiger partial charge in [-0.05, 0) is 49.8 Å². The van der Waals surface area contributed by atoms with E-state index < -0.39 is 21.4 Å². The molecule has 0 aliphatic heterocycles. The number of nitrogens with zero attached hydrogens (tertiary/aromatic N) is 2. The predicted octanol–water partition coefficient (Wildman–Crippen LogP) is 3.31. The lowest BCUT2D eigenvalue weighted by molar-refractivity contribution is -0.118. The van der Waals surface area contributed by atoms with Crippen molar-refractivity contribution in [3.05, 3.63) is 47.9 Å². The van der Waals surface area contributed by atoms with Crippen LogP contribution in [-0.4, -0.2) is 41.3 Å². The Morgan fingerprint density at radius 3 is 2.38 bits per heavy atom. The third-order valence-corrected chi connectivity index (χ3v) is 6.60. The van der Waals surface area contributed by atoms with Gasteiger partial charge in [0.2, 0.25) is 5.91 Å². The van der Waals surface area contributed by atoms with Crippen LogP contribution in [0.2, 0.25) is 0 Å². The summed E-state index contributed by atoms with van der Waals surface area (Å²) in [6.07, 6.45) is 9.28. The number of aromatic nitrogens is 2. The van der Waals surface area contributed by atoms with Gasteiger partial charge in [-0.15, -0.1) is 0 Å². The molecule has 1 fully saturated rings. The second kappa shape index (κ2) is 9.80. The highest BCUT2D eigenvalue weighted by Gasteiger charge is 2.27. The number of nitrogens with one attached hydrogen (secondary N) is 1. The molecule has 1 aromatic carbocycles. The van der Waals surface area contributed by atoms with Crippen molar-refractivity contribution < 1.29 is 18.3 Å². The van der Waals surface area contributed by atoms with Crippen molar-refractivity contribution in [2.75, 3.05) is 11.6 Å². The summed E-state index contributed by atoms with van der Waals surface area (Å²) in [5, 5.41) is 12.5. The van der Waals surface area contributed by atoms with E-state index in [4.69, 9.17) is 0 Å². The fourth-order valence-corrected chi connectivity index (χ4v) is 4.44. The van der Waals surface area contributed by atoms with E-state index in [1.54, 1.807) is 38.1 Å². The van der Waals surface area contributed by atoms with Crippen molar-refractivity contribution in [3.63, 3.8) is 0 Å². The van der Waals surface area contributed by atoms with Gasteiger partial charge in [-0.2, -0.15) is 0 Å². The molecule has 1 atom stereocenters. The van der Waals surface area contributed by atoms with Gasteiger partial charge in [-0.3, -0.25) is 4.79 Å². The number of amides is 1. The first kappa shape index (κ1) is 23.9. The summed E-state index contributed by atoms with van der Waals surface area (Å²) in [5.74, 6) is 5.57. The summed E-state index contributed by atoms with van der Waals surface area (Å²) >= 11 is 0. The Morgan fingerprint density at radius 1 is 1.19 bits per heavy atom. The maximum atomic E-state index is 13.2.